The van der Waals surface area contributed by atoms with Crippen molar-refractivity contribution >= 4 is 23.2 Å². The lowest BCUT2D eigenvalue weighted by atomic mass is 10.1. The molecule has 1 aliphatic rings. The Kier molecular flexibility index (Phi) is 4.50. The molecule has 1 atom stereocenters. The number of halogens is 1. The fourth-order valence-corrected chi connectivity index (χ4v) is 2.34. The highest BCUT2D eigenvalue weighted by Crippen LogP contribution is 2.31. The minimum Gasteiger partial charge on any atom is -0.488 e. The molecule has 1 aromatic rings. The molecule has 0 bridgehead atoms. The van der Waals surface area contributed by atoms with Crippen molar-refractivity contribution < 1.29 is 14.3 Å². The highest BCUT2D eigenvalue weighted by molar-refractivity contribution is 6.33. The second kappa shape index (κ2) is 6.12. The van der Waals surface area contributed by atoms with Gasteiger partial charge in [-0.3, -0.25) is 4.79 Å². The van der Waals surface area contributed by atoms with E-state index in [0.717, 1.165) is 25.9 Å². The zero-order valence-corrected chi connectivity index (χ0v) is 11.3. The van der Waals surface area contributed by atoms with Crippen molar-refractivity contribution in [2.75, 3.05) is 18.9 Å². The van der Waals surface area contributed by atoms with E-state index in [1.165, 1.54) is 12.1 Å². The van der Waals surface area contributed by atoms with Gasteiger partial charge in [0.25, 0.3) is 5.91 Å². The Morgan fingerprint density at radius 3 is 2.89 bits per heavy atom. The molecule has 1 fully saturated rings. The van der Waals surface area contributed by atoms with Crippen molar-refractivity contribution in [1.29, 1.82) is 0 Å². The lowest BCUT2D eigenvalue weighted by Gasteiger charge is -2.23. The van der Waals surface area contributed by atoms with E-state index in [0.29, 0.717) is 12.3 Å². The van der Waals surface area contributed by atoms with Crippen molar-refractivity contribution in [3.63, 3.8) is 0 Å². The SMILES string of the molecule is NC(=O)c1cc(N)cc(Cl)c1OCC1CCCCO1. The zero-order chi connectivity index (χ0) is 13.8. The molecule has 1 aliphatic heterocycles. The molecule has 104 valence electrons. The average molecular weight is 285 g/mol. The van der Waals surface area contributed by atoms with Gasteiger partial charge < -0.3 is 20.9 Å². The number of rotatable bonds is 4. The smallest absolute Gasteiger partial charge is 0.252 e. The summed E-state index contributed by atoms with van der Waals surface area (Å²) in [5.41, 5.74) is 11.5. The largest absolute Gasteiger partial charge is 0.488 e. The lowest BCUT2D eigenvalue weighted by molar-refractivity contribution is -0.0111. The first-order chi connectivity index (χ1) is 9.08. The van der Waals surface area contributed by atoms with Crippen molar-refractivity contribution in [2.24, 2.45) is 5.73 Å². The molecular formula is C13H17ClN2O3. The molecule has 6 heteroatoms. The topological polar surface area (TPSA) is 87.6 Å². The molecule has 4 N–H and O–H groups in total. The first-order valence-electron chi connectivity index (χ1n) is 6.21. The summed E-state index contributed by atoms with van der Waals surface area (Å²) >= 11 is 6.04. The van der Waals surface area contributed by atoms with Gasteiger partial charge in [0.05, 0.1) is 16.7 Å². The van der Waals surface area contributed by atoms with Crippen LogP contribution in [0.3, 0.4) is 0 Å². The second-order valence-corrected chi connectivity index (χ2v) is 4.95. The van der Waals surface area contributed by atoms with Crippen molar-refractivity contribution in [3.8, 4) is 5.75 Å². The van der Waals surface area contributed by atoms with Crippen molar-refractivity contribution in [2.45, 2.75) is 25.4 Å². The number of carbonyl (C=O) groups is 1. The third-order valence-corrected chi connectivity index (χ3v) is 3.30. The Bertz CT molecular complexity index is 473. The second-order valence-electron chi connectivity index (χ2n) is 4.54. The van der Waals surface area contributed by atoms with E-state index in [4.69, 9.17) is 32.5 Å². The molecular weight excluding hydrogens is 268 g/mol. The highest BCUT2D eigenvalue weighted by atomic mass is 35.5. The van der Waals surface area contributed by atoms with Crippen LogP contribution in [0.1, 0.15) is 29.6 Å². The first kappa shape index (κ1) is 14.0. The molecule has 1 unspecified atom stereocenters. The molecule has 1 saturated heterocycles. The minimum atomic E-state index is -0.617. The van der Waals surface area contributed by atoms with Crippen molar-refractivity contribution in [3.05, 3.63) is 22.7 Å². The average Bonchev–Trinajstić information content (AvgIpc) is 2.38. The fraction of sp³-hybridized carbons (Fsp3) is 0.462. The van der Waals surface area contributed by atoms with Gasteiger partial charge in [-0.2, -0.15) is 0 Å². The molecule has 2 rings (SSSR count). The fourth-order valence-electron chi connectivity index (χ4n) is 2.06. The van der Waals surface area contributed by atoms with E-state index in [2.05, 4.69) is 0 Å². The van der Waals surface area contributed by atoms with Gasteiger partial charge in [-0.25, -0.2) is 0 Å². The Balaban J connectivity index is 2.12. The predicted molar refractivity (Wildman–Crippen MR) is 73.5 cm³/mol. The maximum Gasteiger partial charge on any atom is 0.252 e. The van der Waals surface area contributed by atoms with Crippen LogP contribution in [0.5, 0.6) is 5.75 Å². The number of hydrogen-bond donors (Lipinski definition) is 2. The zero-order valence-electron chi connectivity index (χ0n) is 10.5. The Morgan fingerprint density at radius 1 is 1.47 bits per heavy atom. The molecule has 0 saturated carbocycles. The summed E-state index contributed by atoms with van der Waals surface area (Å²) in [7, 11) is 0. The van der Waals surface area contributed by atoms with Crippen LogP contribution in [0, 0.1) is 0 Å². The highest BCUT2D eigenvalue weighted by Gasteiger charge is 2.19. The molecule has 0 aromatic heterocycles. The van der Waals surface area contributed by atoms with Crippen LogP contribution in [-0.4, -0.2) is 25.2 Å². The number of nitrogens with two attached hydrogens (primary N) is 2. The standard InChI is InChI=1S/C13H17ClN2O3/c14-11-6-8(15)5-10(13(16)17)12(11)19-7-9-3-1-2-4-18-9/h5-6,9H,1-4,7,15H2,(H2,16,17). The molecule has 0 radical (unpaired) electrons. The van der Waals surface area contributed by atoms with Crippen LogP contribution < -0.4 is 16.2 Å². The first-order valence-corrected chi connectivity index (χ1v) is 6.59. The van der Waals surface area contributed by atoms with E-state index >= 15 is 0 Å². The summed E-state index contributed by atoms with van der Waals surface area (Å²) in [6.07, 6.45) is 3.17. The maximum absolute atomic E-state index is 11.4. The number of primary amides is 1. The van der Waals surface area contributed by atoms with Gasteiger partial charge in [-0.05, 0) is 31.4 Å². The summed E-state index contributed by atoms with van der Waals surface area (Å²) in [4.78, 5) is 11.4. The molecule has 1 aromatic carbocycles. The van der Waals surface area contributed by atoms with Crippen LogP contribution in [-0.2, 0) is 4.74 Å². The molecule has 0 aliphatic carbocycles. The van der Waals surface area contributed by atoms with E-state index in [9.17, 15) is 4.79 Å². The van der Waals surface area contributed by atoms with E-state index < -0.39 is 5.91 Å². The number of carbonyl (C=O) groups excluding carboxylic acids is 1. The van der Waals surface area contributed by atoms with Crippen LogP contribution >= 0.6 is 11.6 Å². The van der Waals surface area contributed by atoms with Crippen molar-refractivity contribution in [1.82, 2.24) is 0 Å². The molecule has 5 nitrogen and oxygen atoms in total. The number of amides is 1. The Hall–Kier alpha value is -1.46. The van der Waals surface area contributed by atoms with Gasteiger partial charge in [0.1, 0.15) is 6.61 Å². The van der Waals surface area contributed by atoms with Crippen LogP contribution in [0.25, 0.3) is 0 Å². The molecule has 0 spiro atoms. The molecule has 1 heterocycles. The van der Waals surface area contributed by atoms with E-state index in [-0.39, 0.29) is 22.4 Å². The van der Waals surface area contributed by atoms with Gasteiger partial charge in [-0.1, -0.05) is 11.6 Å². The van der Waals surface area contributed by atoms with Gasteiger partial charge >= 0.3 is 0 Å². The predicted octanol–water partition coefficient (Wildman–Crippen LogP) is 1.97. The third kappa shape index (κ3) is 3.52. The van der Waals surface area contributed by atoms with Gasteiger partial charge in [0.15, 0.2) is 5.75 Å². The number of anilines is 1. The number of nitrogen functional groups attached to an aromatic ring is 1. The normalized spacial score (nSPS) is 19.1. The number of hydrogen-bond acceptors (Lipinski definition) is 4. The van der Waals surface area contributed by atoms with Gasteiger partial charge in [0.2, 0.25) is 0 Å². The maximum atomic E-state index is 11.4. The number of ether oxygens (including phenoxy) is 2. The van der Waals surface area contributed by atoms with Crippen LogP contribution in [0.4, 0.5) is 5.69 Å². The van der Waals surface area contributed by atoms with Gasteiger partial charge in [-0.15, -0.1) is 0 Å². The van der Waals surface area contributed by atoms with E-state index in [1.54, 1.807) is 0 Å². The van der Waals surface area contributed by atoms with Gasteiger partial charge in [0, 0.05) is 12.3 Å². The van der Waals surface area contributed by atoms with Crippen LogP contribution in [0.2, 0.25) is 5.02 Å². The monoisotopic (exact) mass is 284 g/mol. The summed E-state index contributed by atoms with van der Waals surface area (Å²) in [6.45, 7) is 1.09. The molecule has 1 amide bonds. The molecule has 19 heavy (non-hydrogen) atoms. The summed E-state index contributed by atoms with van der Waals surface area (Å²) in [5.74, 6) is -0.341. The Morgan fingerprint density at radius 2 is 2.26 bits per heavy atom. The lowest BCUT2D eigenvalue weighted by Crippen LogP contribution is -2.26. The number of benzene rings is 1. The third-order valence-electron chi connectivity index (χ3n) is 3.02. The Labute approximate surface area is 116 Å². The summed E-state index contributed by atoms with van der Waals surface area (Å²) in [5, 5.41) is 0.282. The summed E-state index contributed by atoms with van der Waals surface area (Å²) < 4.78 is 11.2. The summed E-state index contributed by atoms with van der Waals surface area (Å²) in [6, 6.07) is 3.00. The van der Waals surface area contributed by atoms with Crippen LogP contribution in [0.15, 0.2) is 12.1 Å². The van der Waals surface area contributed by atoms with E-state index in [1.807, 2.05) is 0 Å². The minimum absolute atomic E-state index is 0.0306. The quantitative estimate of drug-likeness (QED) is 0.828.